The van der Waals surface area contributed by atoms with Gasteiger partial charge in [0.2, 0.25) is 0 Å². The first-order valence-electron chi connectivity index (χ1n) is 7.51. The number of hydrogen-bond acceptors (Lipinski definition) is 2. The van der Waals surface area contributed by atoms with Crippen molar-refractivity contribution in [1.82, 2.24) is 10.2 Å². The third-order valence-electron chi connectivity index (χ3n) is 4.42. The molecule has 0 amide bonds. The Hall–Kier alpha value is -1.00. The fraction of sp³-hybridized carbons (Fsp3) is 0.625. The van der Waals surface area contributed by atoms with Crippen molar-refractivity contribution in [3.8, 4) is 0 Å². The van der Waals surface area contributed by atoms with Crippen molar-refractivity contribution in [3.63, 3.8) is 0 Å². The molecule has 0 aliphatic carbocycles. The van der Waals surface area contributed by atoms with Crippen LogP contribution in [0, 0.1) is 11.6 Å². The molecule has 2 rings (SSSR count). The van der Waals surface area contributed by atoms with E-state index in [0.717, 1.165) is 25.9 Å². The molecule has 1 N–H and O–H groups in total. The Kier molecular flexibility index (Phi) is 5.11. The van der Waals surface area contributed by atoms with E-state index in [1.807, 2.05) is 6.92 Å². The highest BCUT2D eigenvalue weighted by Gasteiger charge is 2.32. The lowest BCUT2D eigenvalue weighted by Gasteiger charge is -2.43. The molecule has 0 bridgehead atoms. The molecule has 0 spiro atoms. The lowest BCUT2D eigenvalue weighted by atomic mass is 9.98. The molecule has 0 aromatic heterocycles. The maximum atomic E-state index is 14.0. The quantitative estimate of drug-likeness (QED) is 0.909. The van der Waals surface area contributed by atoms with Crippen LogP contribution >= 0.6 is 0 Å². The Morgan fingerprint density at radius 1 is 1.25 bits per heavy atom. The maximum absolute atomic E-state index is 14.0. The Labute approximate surface area is 120 Å². The number of halogens is 2. The van der Waals surface area contributed by atoms with Crippen LogP contribution in [0.2, 0.25) is 0 Å². The van der Waals surface area contributed by atoms with E-state index in [9.17, 15) is 8.78 Å². The van der Waals surface area contributed by atoms with Crippen LogP contribution in [0.4, 0.5) is 8.78 Å². The summed E-state index contributed by atoms with van der Waals surface area (Å²) in [5, 5.41) is 3.51. The summed E-state index contributed by atoms with van der Waals surface area (Å²) in [6, 6.07) is 4.59. The van der Waals surface area contributed by atoms with E-state index in [-0.39, 0.29) is 11.6 Å². The first-order chi connectivity index (χ1) is 9.58. The average Bonchev–Trinajstić information content (AvgIpc) is 2.46. The number of piperazine rings is 1. The van der Waals surface area contributed by atoms with Crippen LogP contribution in [0.25, 0.3) is 0 Å². The van der Waals surface area contributed by atoms with E-state index in [1.54, 1.807) is 0 Å². The summed E-state index contributed by atoms with van der Waals surface area (Å²) in [4.78, 5) is 2.24. The number of nitrogens with zero attached hydrogens (tertiary/aromatic N) is 1. The largest absolute Gasteiger partial charge is 0.311 e. The van der Waals surface area contributed by atoms with Crippen molar-refractivity contribution < 1.29 is 8.78 Å². The van der Waals surface area contributed by atoms with Gasteiger partial charge in [0.1, 0.15) is 11.6 Å². The third kappa shape index (κ3) is 3.01. The second-order valence-electron chi connectivity index (χ2n) is 5.58. The van der Waals surface area contributed by atoms with Crippen molar-refractivity contribution in [1.29, 1.82) is 0 Å². The zero-order chi connectivity index (χ0) is 14.7. The number of hydrogen-bond donors (Lipinski definition) is 1. The van der Waals surface area contributed by atoms with Gasteiger partial charge >= 0.3 is 0 Å². The molecule has 112 valence electrons. The molecule has 4 heteroatoms. The normalized spacial score (nSPS) is 25.6. The summed E-state index contributed by atoms with van der Waals surface area (Å²) in [6.07, 6.45) is 2.00. The van der Waals surface area contributed by atoms with E-state index in [4.69, 9.17) is 0 Å². The minimum Gasteiger partial charge on any atom is -0.311 e. The van der Waals surface area contributed by atoms with Gasteiger partial charge in [-0.25, -0.2) is 8.78 Å². The van der Waals surface area contributed by atoms with Crippen LogP contribution in [-0.4, -0.2) is 30.1 Å². The van der Waals surface area contributed by atoms with Gasteiger partial charge in [-0.15, -0.1) is 0 Å². The van der Waals surface area contributed by atoms with Gasteiger partial charge in [0, 0.05) is 36.8 Å². The second-order valence-corrected chi connectivity index (χ2v) is 5.58. The Balaban J connectivity index is 2.27. The number of nitrogens with one attached hydrogen (secondary N) is 1. The van der Waals surface area contributed by atoms with Crippen LogP contribution in [0.1, 0.15) is 45.2 Å². The monoisotopic (exact) mass is 282 g/mol. The van der Waals surface area contributed by atoms with E-state index in [1.165, 1.54) is 18.2 Å². The molecule has 1 aliphatic rings. The first kappa shape index (κ1) is 15.4. The smallest absolute Gasteiger partial charge is 0.130 e. The number of benzene rings is 1. The molecule has 1 heterocycles. The van der Waals surface area contributed by atoms with E-state index < -0.39 is 11.6 Å². The Morgan fingerprint density at radius 3 is 2.45 bits per heavy atom. The summed E-state index contributed by atoms with van der Waals surface area (Å²) in [7, 11) is 0. The fourth-order valence-corrected chi connectivity index (χ4v) is 3.09. The Bertz CT molecular complexity index is 430. The molecule has 20 heavy (non-hydrogen) atoms. The van der Waals surface area contributed by atoms with Gasteiger partial charge in [0.05, 0.1) is 0 Å². The zero-order valence-corrected chi connectivity index (χ0v) is 12.5. The Morgan fingerprint density at radius 2 is 1.90 bits per heavy atom. The molecule has 0 saturated carbocycles. The summed E-state index contributed by atoms with van der Waals surface area (Å²) in [6.45, 7) is 7.88. The summed E-state index contributed by atoms with van der Waals surface area (Å²) in [5.74, 6) is -0.891. The summed E-state index contributed by atoms with van der Waals surface area (Å²) < 4.78 is 28.0. The van der Waals surface area contributed by atoms with E-state index in [0.29, 0.717) is 12.1 Å². The standard InChI is InChI=1S/C16H24F2N2/c1-4-12-10-20(13(5-2)9-19-12)11(3)16-14(17)7-6-8-15(16)18/h6-8,11-13,19H,4-5,9-10H2,1-3H3. The molecule has 2 nitrogen and oxygen atoms in total. The minimum atomic E-state index is -0.445. The van der Waals surface area contributed by atoms with Crippen molar-refractivity contribution in [2.45, 2.75) is 51.7 Å². The summed E-state index contributed by atoms with van der Waals surface area (Å²) >= 11 is 0. The van der Waals surface area contributed by atoms with Crippen molar-refractivity contribution in [2.75, 3.05) is 13.1 Å². The summed E-state index contributed by atoms with van der Waals surface area (Å²) in [5.41, 5.74) is 0.197. The van der Waals surface area contributed by atoms with E-state index in [2.05, 4.69) is 24.1 Å². The third-order valence-corrected chi connectivity index (χ3v) is 4.42. The van der Waals surface area contributed by atoms with Crippen LogP contribution in [0.15, 0.2) is 18.2 Å². The first-order valence-corrected chi connectivity index (χ1v) is 7.51. The SMILES string of the molecule is CCC1CN(C(C)c2c(F)cccc2F)C(CC)CN1. The molecular weight excluding hydrogens is 258 g/mol. The molecule has 1 fully saturated rings. The lowest BCUT2D eigenvalue weighted by molar-refractivity contribution is 0.0816. The van der Waals surface area contributed by atoms with Crippen LogP contribution in [0.5, 0.6) is 0 Å². The fourth-order valence-electron chi connectivity index (χ4n) is 3.09. The van der Waals surface area contributed by atoms with Crippen LogP contribution < -0.4 is 5.32 Å². The van der Waals surface area contributed by atoms with Crippen LogP contribution in [-0.2, 0) is 0 Å². The molecule has 3 unspecified atom stereocenters. The highest BCUT2D eigenvalue weighted by molar-refractivity contribution is 5.23. The maximum Gasteiger partial charge on any atom is 0.130 e. The van der Waals surface area contributed by atoms with Crippen molar-refractivity contribution >= 4 is 0 Å². The van der Waals surface area contributed by atoms with Crippen LogP contribution in [0.3, 0.4) is 0 Å². The van der Waals surface area contributed by atoms with Gasteiger partial charge in [-0.3, -0.25) is 4.90 Å². The zero-order valence-electron chi connectivity index (χ0n) is 12.5. The van der Waals surface area contributed by atoms with Crippen molar-refractivity contribution in [2.24, 2.45) is 0 Å². The molecular formula is C16H24F2N2. The minimum absolute atomic E-state index is 0.197. The highest BCUT2D eigenvalue weighted by atomic mass is 19.1. The molecule has 1 saturated heterocycles. The molecule has 1 aromatic carbocycles. The number of rotatable bonds is 4. The van der Waals surface area contributed by atoms with Crippen molar-refractivity contribution in [3.05, 3.63) is 35.4 Å². The van der Waals surface area contributed by atoms with Gasteiger partial charge in [-0.1, -0.05) is 19.9 Å². The van der Waals surface area contributed by atoms with Gasteiger partial charge in [0.15, 0.2) is 0 Å². The van der Waals surface area contributed by atoms with Gasteiger partial charge in [0.25, 0.3) is 0 Å². The highest BCUT2D eigenvalue weighted by Crippen LogP contribution is 2.29. The predicted octanol–water partition coefficient (Wildman–Crippen LogP) is 3.49. The molecule has 1 aliphatic heterocycles. The molecule has 1 aromatic rings. The van der Waals surface area contributed by atoms with E-state index >= 15 is 0 Å². The van der Waals surface area contributed by atoms with Gasteiger partial charge in [-0.05, 0) is 31.9 Å². The molecule has 3 atom stereocenters. The molecule has 0 radical (unpaired) electrons. The predicted molar refractivity (Wildman–Crippen MR) is 77.6 cm³/mol. The lowest BCUT2D eigenvalue weighted by Crippen LogP contribution is -2.56. The van der Waals surface area contributed by atoms with Gasteiger partial charge in [-0.2, -0.15) is 0 Å². The average molecular weight is 282 g/mol. The topological polar surface area (TPSA) is 15.3 Å². The van der Waals surface area contributed by atoms with Gasteiger partial charge < -0.3 is 5.32 Å². The second kappa shape index (κ2) is 6.64.